The molecule has 0 aliphatic heterocycles. The molecule has 5 N–H and O–H groups in total. The molecule has 0 bridgehead atoms. The summed E-state index contributed by atoms with van der Waals surface area (Å²) < 4.78 is 0. The Bertz CT molecular complexity index is 917. The summed E-state index contributed by atoms with van der Waals surface area (Å²) in [7, 11) is 0. The molecule has 0 fully saturated rings. The first-order valence-electron chi connectivity index (χ1n) is 9.97. The Balaban J connectivity index is 1.59. The van der Waals surface area contributed by atoms with Crippen LogP contribution in [0.1, 0.15) is 17.5 Å². The number of aromatic nitrogens is 1. The van der Waals surface area contributed by atoms with Crippen molar-refractivity contribution in [3.63, 3.8) is 0 Å². The number of nitrogens with one attached hydrogen (secondary N) is 1. The van der Waals surface area contributed by atoms with Crippen LogP contribution in [-0.2, 0) is 12.8 Å². The molecule has 3 atom stereocenters. The van der Waals surface area contributed by atoms with Gasteiger partial charge in [-0.25, -0.2) is 4.79 Å². The van der Waals surface area contributed by atoms with E-state index in [1.54, 1.807) is 6.20 Å². The van der Waals surface area contributed by atoms with Crippen molar-refractivity contribution < 1.29 is 15.0 Å². The normalized spacial score (nSPS) is 13.9. The predicted molar refractivity (Wildman–Crippen MR) is 117 cm³/mol. The zero-order chi connectivity index (χ0) is 21.3. The van der Waals surface area contributed by atoms with E-state index in [0.29, 0.717) is 19.3 Å². The summed E-state index contributed by atoms with van der Waals surface area (Å²) in [5.74, 6) is 0. The van der Waals surface area contributed by atoms with Gasteiger partial charge in [-0.3, -0.25) is 4.98 Å². The molecule has 0 aliphatic carbocycles. The molecule has 0 saturated heterocycles. The van der Waals surface area contributed by atoms with Gasteiger partial charge in [-0.15, -0.1) is 0 Å². The van der Waals surface area contributed by atoms with Crippen molar-refractivity contribution in [3.8, 4) is 11.1 Å². The Hall–Kier alpha value is -3.22. The van der Waals surface area contributed by atoms with Gasteiger partial charge in [0.2, 0.25) is 0 Å². The van der Waals surface area contributed by atoms with E-state index in [1.165, 1.54) is 0 Å². The molecule has 3 rings (SSSR count). The number of carbonyl (C=O) groups is 1. The number of hydrogen-bond acceptors (Lipinski definition) is 4. The van der Waals surface area contributed by atoms with Crippen LogP contribution in [0.15, 0.2) is 79.1 Å². The Kier molecular flexibility index (Phi) is 7.54. The third kappa shape index (κ3) is 6.40. The number of carboxylic acid groups (broad SMARTS) is 1. The minimum Gasteiger partial charge on any atom is -0.465 e. The minimum atomic E-state index is -1.16. The van der Waals surface area contributed by atoms with Crippen LogP contribution in [0.3, 0.4) is 0 Å². The average Bonchev–Trinajstić information content (AvgIpc) is 2.75. The van der Waals surface area contributed by atoms with Crippen molar-refractivity contribution in [2.45, 2.75) is 37.5 Å². The Morgan fingerprint density at radius 1 is 0.933 bits per heavy atom. The smallest absolute Gasteiger partial charge is 0.404 e. The van der Waals surface area contributed by atoms with Crippen molar-refractivity contribution in [2.75, 3.05) is 0 Å². The maximum Gasteiger partial charge on any atom is 0.404 e. The molecule has 0 saturated carbocycles. The Morgan fingerprint density at radius 3 is 2.27 bits per heavy atom. The lowest BCUT2D eigenvalue weighted by Gasteiger charge is -2.25. The second-order valence-electron chi connectivity index (χ2n) is 7.45. The second kappa shape index (κ2) is 10.5. The van der Waals surface area contributed by atoms with E-state index in [4.69, 9.17) is 10.8 Å². The highest BCUT2D eigenvalue weighted by Crippen LogP contribution is 2.19. The maximum absolute atomic E-state index is 11.2. The first-order chi connectivity index (χ1) is 14.5. The van der Waals surface area contributed by atoms with Gasteiger partial charge in [0.05, 0.1) is 12.1 Å². The molecule has 6 heteroatoms. The number of rotatable bonds is 9. The van der Waals surface area contributed by atoms with Crippen LogP contribution >= 0.6 is 0 Å². The number of aliphatic hydroxyl groups is 1. The van der Waals surface area contributed by atoms with Crippen LogP contribution < -0.4 is 11.1 Å². The van der Waals surface area contributed by atoms with Crippen LogP contribution in [0, 0.1) is 0 Å². The van der Waals surface area contributed by atoms with Gasteiger partial charge in [0.1, 0.15) is 0 Å². The van der Waals surface area contributed by atoms with Gasteiger partial charge in [-0.1, -0.05) is 60.7 Å². The predicted octanol–water partition coefficient (Wildman–Crippen LogP) is 3.25. The molecule has 0 radical (unpaired) electrons. The SMILES string of the molecule is N[C@@H](Cc1ccc(-c2cccnc2)cc1)C[C@@H](O)[C@H](Cc1ccccc1)NC(=O)O. The van der Waals surface area contributed by atoms with Gasteiger partial charge in [0, 0.05) is 18.4 Å². The van der Waals surface area contributed by atoms with Crippen LogP contribution in [0.2, 0.25) is 0 Å². The Labute approximate surface area is 176 Å². The molecule has 0 spiro atoms. The number of hydrogen-bond donors (Lipinski definition) is 4. The van der Waals surface area contributed by atoms with Crippen molar-refractivity contribution in [1.29, 1.82) is 0 Å². The molecule has 2 aromatic carbocycles. The maximum atomic E-state index is 11.2. The fraction of sp³-hybridized carbons (Fsp3) is 0.250. The minimum absolute atomic E-state index is 0.293. The summed E-state index contributed by atoms with van der Waals surface area (Å²) in [6.45, 7) is 0. The fourth-order valence-corrected chi connectivity index (χ4v) is 3.54. The highest BCUT2D eigenvalue weighted by molar-refractivity contribution is 5.65. The summed E-state index contributed by atoms with van der Waals surface area (Å²) >= 11 is 0. The van der Waals surface area contributed by atoms with E-state index >= 15 is 0 Å². The summed E-state index contributed by atoms with van der Waals surface area (Å²) in [4.78, 5) is 15.3. The monoisotopic (exact) mass is 405 g/mol. The van der Waals surface area contributed by atoms with Crippen molar-refractivity contribution in [1.82, 2.24) is 10.3 Å². The highest BCUT2D eigenvalue weighted by Gasteiger charge is 2.23. The average molecular weight is 405 g/mol. The van der Waals surface area contributed by atoms with Crippen molar-refractivity contribution in [2.24, 2.45) is 5.73 Å². The van der Waals surface area contributed by atoms with Gasteiger partial charge in [0.25, 0.3) is 0 Å². The van der Waals surface area contributed by atoms with Crippen molar-refractivity contribution in [3.05, 3.63) is 90.3 Å². The zero-order valence-corrected chi connectivity index (χ0v) is 16.7. The largest absolute Gasteiger partial charge is 0.465 e. The van der Waals surface area contributed by atoms with E-state index in [2.05, 4.69) is 10.3 Å². The molecule has 1 amide bonds. The molecule has 6 nitrogen and oxygen atoms in total. The topological polar surface area (TPSA) is 108 Å². The molecule has 1 heterocycles. The second-order valence-corrected chi connectivity index (χ2v) is 7.45. The molecule has 30 heavy (non-hydrogen) atoms. The van der Waals surface area contributed by atoms with Gasteiger partial charge in [0.15, 0.2) is 0 Å². The number of aliphatic hydroxyl groups excluding tert-OH is 1. The van der Waals surface area contributed by atoms with Crippen LogP contribution in [0.4, 0.5) is 4.79 Å². The first-order valence-corrected chi connectivity index (χ1v) is 9.97. The van der Waals surface area contributed by atoms with Crippen molar-refractivity contribution >= 4 is 6.09 Å². The third-order valence-corrected chi connectivity index (χ3v) is 5.06. The molecule has 0 aliphatic rings. The van der Waals surface area contributed by atoms with Gasteiger partial charge >= 0.3 is 6.09 Å². The summed E-state index contributed by atoms with van der Waals surface area (Å²) in [5, 5.41) is 22.2. The number of nitrogens with two attached hydrogens (primary N) is 1. The van der Waals surface area contributed by atoms with E-state index in [1.807, 2.05) is 72.9 Å². The quantitative estimate of drug-likeness (QED) is 0.437. The number of pyridine rings is 1. The molecular weight excluding hydrogens is 378 g/mol. The first kappa shape index (κ1) is 21.5. The number of nitrogens with zero attached hydrogens (tertiary/aromatic N) is 1. The van der Waals surface area contributed by atoms with E-state index < -0.39 is 18.2 Å². The molecule has 156 valence electrons. The lowest BCUT2D eigenvalue weighted by atomic mass is 9.94. The molecule has 1 aromatic heterocycles. The summed E-state index contributed by atoms with van der Waals surface area (Å²) in [5.41, 5.74) is 10.4. The number of amides is 1. The summed E-state index contributed by atoms with van der Waals surface area (Å²) in [6.07, 6.45) is 2.81. The van der Waals surface area contributed by atoms with Gasteiger partial charge in [-0.05, 0) is 47.6 Å². The van der Waals surface area contributed by atoms with E-state index in [0.717, 1.165) is 22.3 Å². The van der Waals surface area contributed by atoms with Gasteiger partial charge in [-0.2, -0.15) is 0 Å². The van der Waals surface area contributed by atoms with E-state index in [-0.39, 0.29) is 6.04 Å². The van der Waals surface area contributed by atoms with Crippen LogP contribution in [0.25, 0.3) is 11.1 Å². The number of benzene rings is 2. The molecular formula is C24H27N3O3. The van der Waals surface area contributed by atoms with Gasteiger partial charge < -0.3 is 21.3 Å². The Morgan fingerprint density at radius 2 is 1.63 bits per heavy atom. The zero-order valence-electron chi connectivity index (χ0n) is 16.7. The summed E-state index contributed by atoms with van der Waals surface area (Å²) in [6, 6.07) is 20.6. The third-order valence-electron chi connectivity index (χ3n) is 5.06. The van der Waals surface area contributed by atoms with Crippen LogP contribution in [0.5, 0.6) is 0 Å². The fourth-order valence-electron chi connectivity index (χ4n) is 3.54. The standard InChI is InChI=1S/C24H27N3O3/c25-21(13-18-8-10-19(11-9-18)20-7-4-12-26-16-20)15-23(28)22(27-24(29)30)14-17-5-2-1-3-6-17/h1-12,16,21-23,27-28H,13-15,25H2,(H,29,30)/t21-,22-,23+/m0/s1. The highest BCUT2D eigenvalue weighted by atomic mass is 16.4. The lowest BCUT2D eigenvalue weighted by Crippen LogP contribution is -2.46. The molecule has 0 unspecified atom stereocenters. The lowest BCUT2D eigenvalue weighted by molar-refractivity contribution is 0.105. The molecule has 3 aromatic rings. The van der Waals surface area contributed by atoms with Crippen LogP contribution in [-0.4, -0.2) is 39.5 Å². The van der Waals surface area contributed by atoms with E-state index in [9.17, 15) is 9.90 Å².